The average Bonchev–Trinajstić information content (AvgIpc) is 3.84. The summed E-state index contributed by atoms with van der Waals surface area (Å²) in [7, 11) is 1.39. The van der Waals surface area contributed by atoms with Crippen LogP contribution in [0.25, 0.3) is 17.1 Å². The molecule has 4 aromatic rings. The summed E-state index contributed by atoms with van der Waals surface area (Å²) in [6, 6.07) is 6.44. The normalized spacial score (nSPS) is 20.7. The molecule has 1 aliphatic heterocycles. The molecule has 14 nitrogen and oxygen atoms in total. The summed E-state index contributed by atoms with van der Waals surface area (Å²) in [6.07, 6.45) is 0.428. The van der Waals surface area contributed by atoms with Gasteiger partial charge >= 0.3 is 6.18 Å². The minimum atomic E-state index is -4.82. The van der Waals surface area contributed by atoms with Crippen molar-refractivity contribution in [1.29, 1.82) is 0 Å². The molecule has 7 N–H and O–H groups in total. The maximum atomic E-state index is 14.0. The van der Waals surface area contributed by atoms with Gasteiger partial charge < -0.3 is 36.7 Å². The minimum Gasteiger partial charge on any atom is -0.397 e. The Balaban J connectivity index is 1.10. The standard InChI is InChI=1S/C31H32ClF3N10O4/c1-44-24(21-14-45(43-26(21)31(33,34)35)25-7-2-15(36)11-38-25)13-39-27(44)30(49)42-18-5-6-20(22(32)9-18)28(47)40-16-3-4-17(8-16)41-29(48)23-10-19(46)12-37-23/h2,5-7,9,11,13-14,16-17,19,23,37,46H,3-4,8,10,12,36H2,1H3,(H,40,47)(H,41,48)(H,42,49)/t16-,17-,19+,23-/m0/s1. The second-order valence-corrected chi connectivity index (χ2v) is 12.4. The number of aliphatic hydroxyl groups excluding tert-OH is 1. The molecule has 1 aromatic carbocycles. The van der Waals surface area contributed by atoms with E-state index in [0.717, 1.165) is 17.1 Å². The summed E-state index contributed by atoms with van der Waals surface area (Å²) in [5.74, 6) is -1.42. The van der Waals surface area contributed by atoms with Gasteiger partial charge in [0.25, 0.3) is 11.8 Å². The first kappa shape index (κ1) is 33.9. The second-order valence-electron chi connectivity index (χ2n) is 12.0. The Bertz CT molecular complexity index is 1890. The van der Waals surface area contributed by atoms with Crippen molar-refractivity contribution >= 4 is 40.7 Å². The van der Waals surface area contributed by atoms with Gasteiger partial charge in [-0.15, -0.1) is 0 Å². The van der Waals surface area contributed by atoms with Gasteiger partial charge in [0.1, 0.15) is 0 Å². The maximum absolute atomic E-state index is 14.0. The van der Waals surface area contributed by atoms with Crippen molar-refractivity contribution in [3.05, 3.63) is 71.0 Å². The van der Waals surface area contributed by atoms with Crippen LogP contribution >= 0.6 is 11.6 Å². The first-order valence-electron chi connectivity index (χ1n) is 15.3. The number of benzene rings is 1. The first-order chi connectivity index (χ1) is 23.3. The molecule has 18 heteroatoms. The fourth-order valence-electron chi connectivity index (χ4n) is 5.98. The second kappa shape index (κ2) is 13.5. The van der Waals surface area contributed by atoms with Crippen LogP contribution in [-0.4, -0.2) is 77.9 Å². The molecule has 6 rings (SSSR count). The summed E-state index contributed by atoms with van der Waals surface area (Å²) in [4.78, 5) is 46.7. The molecule has 1 aliphatic carbocycles. The number of rotatable bonds is 8. The van der Waals surface area contributed by atoms with Crippen LogP contribution in [0.2, 0.25) is 5.02 Å². The third kappa shape index (κ3) is 7.38. The number of nitrogens with one attached hydrogen (secondary N) is 4. The van der Waals surface area contributed by atoms with Crippen molar-refractivity contribution in [2.45, 2.75) is 56.1 Å². The number of aliphatic hydroxyl groups is 1. The molecule has 0 unspecified atom stereocenters. The number of nitrogen functional groups attached to an aromatic ring is 1. The number of hydrogen-bond acceptors (Lipinski definition) is 9. The lowest BCUT2D eigenvalue weighted by Gasteiger charge is -2.17. The molecule has 2 aliphatic rings. The number of imidazole rings is 1. The summed E-state index contributed by atoms with van der Waals surface area (Å²) in [5, 5.41) is 24.9. The number of aromatic nitrogens is 5. The number of hydrogen-bond donors (Lipinski definition) is 6. The highest BCUT2D eigenvalue weighted by Gasteiger charge is 2.39. The molecule has 3 amide bonds. The smallest absolute Gasteiger partial charge is 0.397 e. The maximum Gasteiger partial charge on any atom is 0.435 e. The number of alkyl halides is 3. The van der Waals surface area contributed by atoms with E-state index >= 15 is 0 Å². The van der Waals surface area contributed by atoms with Crippen LogP contribution in [0.1, 0.15) is 52.4 Å². The molecule has 0 spiro atoms. The summed E-state index contributed by atoms with van der Waals surface area (Å²) >= 11 is 6.41. The molecule has 1 saturated carbocycles. The summed E-state index contributed by atoms with van der Waals surface area (Å²) in [5.41, 5.74) is 4.83. The molecule has 0 bridgehead atoms. The Morgan fingerprint density at radius 2 is 1.80 bits per heavy atom. The molecular formula is C31H32ClF3N10O4. The van der Waals surface area contributed by atoms with E-state index < -0.39 is 35.8 Å². The third-order valence-corrected chi connectivity index (χ3v) is 8.78. The predicted octanol–water partition coefficient (Wildman–Crippen LogP) is 2.66. The van der Waals surface area contributed by atoms with Crippen LogP contribution in [0.5, 0.6) is 0 Å². The Hall–Kier alpha value is -5.00. The lowest BCUT2D eigenvalue weighted by Crippen LogP contribution is -2.45. The lowest BCUT2D eigenvalue weighted by molar-refractivity contribution is -0.140. The van der Waals surface area contributed by atoms with Crippen molar-refractivity contribution in [2.24, 2.45) is 7.05 Å². The highest BCUT2D eigenvalue weighted by Crippen LogP contribution is 2.37. The first-order valence-corrected chi connectivity index (χ1v) is 15.7. The SMILES string of the molecule is Cn1c(-c2cn(-c3ccc(N)cn3)nc2C(F)(F)F)cnc1C(=O)Nc1ccc(C(=O)N[C@H]2CC[C@H](NC(=O)[C@@H]3C[C@@H](O)CN3)C2)c(Cl)c1. The van der Waals surface area contributed by atoms with Gasteiger partial charge in [0, 0.05) is 37.6 Å². The fourth-order valence-corrected chi connectivity index (χ4v) is 6.25. The molecule has 4 atom stereocenters. The molecule has 2 fully saturated rings. The van der Waals surface area contributed by atoms with Crippen LogP contribution < -0.4 is 27.0 Å². The number of carbonyl (C=O) groups excluding carboxylic acids is 3. The van der Waals surface area contributed by atoms with Gasteiger partial charge in [-0.05, 0) is 56.0 Å². The zero-order valence-corrected chi connectivity index (χ0v) is 26.7. The van der Waals surface area contributed by atoms with Gasteiger partial charge in [-0.25, -0.2) is 14.6 Å². The Kier molecular flexibility index (Phi) is 9.32. The van der Waals surface area contributed by atoms with Crippen molar-refractivity contribution in [1.82, 2.24) is 40.3 Å². The zero-order valence-electron chi connectivity index (χ0n) is 26.0. The highest BCUT2D eigenvalue weighted by molar-refractivity contribution is 6.34. The van der Waals surface area contributed by atoms with Crippen molar-refractivity contribution in [3.63, 3.8) is 0 Å². The number of amides is 3. The van der Waals surface area contributed by atoms with E-state index in [0.29, 0.717) is 37.9 Å². The largest absolute Gasteiger partial charge is 0.435 e. The van der Waals surface area contributed by atoms with Crippen LogP contribution in [0.3, 0.4) is 0 Å². The van der Waals surface area contributed by atoms with Gasteiger partial charge in [0.05, 0.1) is 52.1 Å². The molecule has 3 aromatic heterocycles. The van der Waals surface area contributed by atoms with E-state index in [1.54, 1.807) is 0 Å². The highest BCUT2D eigenvalue weighted by atomic mass is 35.5. The number of carbonyl (C=O) groups is 3. The molecule has 0 radical (unpaired) electrons. The van der Waals surface area contributed by atoms with E-state index in [2.05, 4.69) is 36.3 Å². The molecule has 1 saturated heterocycles. The van der Waals surface area contributed by atoms with Gasteiger partial charge in [0.2, 0.25) is 5.91 Å². The average molecular weight is 701 g/mol. The van der Waals surface area contributed by atoms with Crippen molar-refractivity contribution in [3.8, 4) is 17.1 Å². The van der Waals surface area contributed by atoms with Gasteiger partial charge in [-0.1, -0.05) is 11.6 Å². The van der Waals surface area contributed by atoms with E-state index in [1.165, 1.54) is 48.1 Å². The van der Waals surface area contributed by atoms with E-state index in [9.17, 15) is 32.7 Å². The van der Waals surface area contributed by atoms with Crippen LogP contribution in [0.4, 0.5) is 24.5 Å². The van der Waals surface area contributed by atoms with E-state index in [1.807, 2.05) is 0 Å². The molecule has 49 heavy (non-hydrogen) atoms. The topological polar surface area (TPSA) is 194 Å². The monoisotopic (exact) mass is 700 g/mol. The Morgan fingerprint density at radius 3 is 2.45 bits per heavy atom. The Morgan fingerprint density at radius 1 is 1.04 bits per heavy atom. The van der Waals surface area contributed by atoms with Crippen LogP contribution in [-0.2, 0) is 18.0 Å². The summed E-state index contributed by atoms with van der Waals surface area (Å²) < 4.78 is 44.1. The molecule has 258 valence electrons. The van der Waals surface area contributed by atoms with Gasteiger partial charge in [0.15, 0.2) is 17.3 Å². The third-order valence-electron chi connectivity index (χ3n) is 8.47. The summed E-state index contributed by atoms with van der Waals surface area (Å²) in [6.45, 7) is 0.374. The van der Waals surface area contributed by atoms with E-state index in [4.69, 9.17) is 17.3 Å². The fraction of sp³-hybridized carbons (Fsp3) is 0.355. The lowest BCUT2D eigenvalue weighted by atomic mass is 10.1. The van der Waals surface area contributed by atoms with Crippen LogP contribution in [0, 0.1) is 0 Å². The van der Waals surface area contributed by atoms with Gasteiger partial charge in [-0.3, -0.25) is 14.4 Å². The number of pyridine rings is 1. The number of β-amino-alcohol motifs (C(OH)–C–C–N with tert-alkyl or cyclic N) is 1. The predicted molar refractivity (Wildman–Crippen MR) is 172 cm³/mol. The number of nitrogens with zero attached hydrogens (tertiary/aromatic N) is 5. The van der Waals surface area contributed by atoms with Crippen molar-refractivity contribution < 1.29 is 32.7 Å². The molecular weight excluding hydrogens is 669 g/mol. The van der Waals surface area contributed by atoms with Crippen molar-refractivity contribution in [2.75, 3.05) is 17.6 Å². The quantitative estimate of drug-likeness (QED) is 0.160. The molecule has 4 heterocycles. The minimum absolute atomic E-state index is 0.0214. The van der Waals surface area contributed by atoms with E-state index in [-0.39, 0.29) is 57.2 Å². The number of nitrogens with two attached hydrogens (primary N) is 1. The van der Waals surface area contributed by atoms with Gasteiger partial charge in [-0.2, -0.15) is 18.3 Å². The number of anilines is 2. The van der Waals surface area contributed by atoms with Crippen LogP contribution in [0.15, 0.2) is 48.9 Å². The number of halogens is 4. The zero-order chi connectivity index (χ0) is 35.0. The Labute approximate surface area is 282 Å².